The van der Waals surface area contributed by atoms with E-state index in [1.165, 1.54) is 10.5 Å². The first-order valence-electron chi connectivity index (χ1n) is 9.29. The van der Waals surface area contributed by atoms with Crippen LogP contribution in [0.15, 0.2) is 33.6 Å². The Morgan fingerprint density at radius 1 is 1.30 bits per heavy atom. The molecule has 0 aliphatic carbocycles. The minimum Gasteiger partial charge on any atom is -0.466 e. The summed E-state index contributed by atoms with van der Waals surface area (Å²) in [4.78, 5) is 14.0. The van der Waals surface area contributed by atoms with Crippen LogP contribution in [-0.4, -0.2) is 40.2 Å². The van der Waals surface area contributed by atoms with Crippen LogP contribution in [0.3, 0.4) is 0 Å². The molecule has 0 atom stereocenters. The molecule has 3 rings (SSSR count). The molecule has 27 heavy (non-hydrogen) atoms. The lowest BCUT2D eigenvalue weighted by Gasteiger charge is -2.39. The SMILES string of the molecule is CCOC(=O)C1(Cc2ccc(Br)cc2)CCN(Sc2c(C)n[nH]c2C)CC1. The molecule has 1 aromatic carbocycles. The van der Waals surface area contributed by atoms with E-state index in [0.29, 0.717) is 6.61 Å². The van der Waals surface area contributed by atoms with Crippen molar-refractivity contribution >= 4 is 33.8 Å². The molecule has 0 spiro atoms. The zero-order chi connectivity index (χ0) is 19.4. The Hall–Kier alpha value is -1.31. The summed E-state index contributed by atoms with van der Waals surface area (Å²) in [6, 6.07) is 8.24. The van der Waals surface area contributed by atoms with Gasteiger partial charge in [0, 0.05) is 23.3 Å². The van der Waals surface area contributed by atoms with Crippen LogP contribution in [0.2, 0.25) is 0 Å². The highest BCUT2D eigenvalue weighted by atomic mass is 79.9. The number of carbonyl (C=O) groups is 1. The smallest absolute Gasteiger partial charge is 0.312 e. The Morgan fingerprint density at radius 3 is 2.52 bits per heavy atom. The fourth-order valence-electron chi connectivity index (χ4n) is 3.54. The second kappa shape index (κ2) is 8.80. The minimum atomic E-state index is -0.443. The normalized spacial score (nSPS) is 17.0. The number of aromatic nitrogens is 2. The lowest BCUT2D eigenvalue weighted by Crippen LogP contribution is -2.44. The van der Waals surface area contributed by atoms with Gasteiger partial charge >= 0.3 is 5.97 Å². The summed E-state index contributed by atoms with van der Waals surface area (Å²) in [6.07, 6.45) is 2.32. The third kappa shape index (κ3) is 4.76. The maximum absolute atomic E-state index is 12.9. The lowest BCUT2D eigenvalue weighted by atomic mass is 9.74. The van der Waals surface area contributed by atoms with E-state index in [9.17, 15) is 4.79 Å². The molecule has 2 heterocycles. The highest BCUT2D eigenvalue weighted by Gasteiger charge is 2.43. The van der Waals surface area contributed by atoms with Gasteiger partial charge in [0.2, 0.25) is 0 Å². The van der Waals surface area contributed by atoms with Gasteiger partial charge in [0.25, 0.3) is 0 Å². The fraction of sp³-hybridized carbons (Fsp3) is 0.500. The molecule has 5 nitrogen and oxygen atoms in total. The predicted octanol–water partition coefficient (Wildman–Crippen LogP) is 4.68. The molecule has 7 heteroatoms. The molecule has 0 unspecified atom stereocenters. The molecule has 0 saturated carbocycles. The summed E-state index contributed by atoms with van der Waals surface area (Å²) in [5, 5.41) is 7.31. The van der Waals surface area contributed by atoms with Crippen molar-refractivity contribution in [1.29, 1.82) is 0 Å². The number of halogens is 1. The minimum absolute atomic E-state index is 0.0618. The van der Waals surface area contributed by atoms with E-state index in [1.807, 2.05) is 32.9 Å². The van der Waals surface area contributed by atoms with E-state index in [2.05, 4.69) is 42.6 Å². The van der Waals surface area contributed by atoms with E-state index in [1.54, 1.807) is 11.9 Å². The van der Waals surface area contributed by atoms with Crippen molar-refractivity contribution < 1.29 is 9.53 Å². The van der Waals surface area contributed by atoms with Crippen LogP contribution in [-0.2, 0) is 16.0 Å². The quantitative estimate of drug-likeness (QED) is 0.509. The number of aromatic amines is 1. The van der Waals surface area contributed by atoms with Gasteiger partial charge in [-0.25, -0.2) is 4.31 Å². The van der Waals surface area contributed by atoms with Crippen molar-refractivity contribution in [3.63, 3.8) is 0 Å². The number of hydrogen-bond donors (Lipinski definition) is 1. The monoisotopic (exact) mass is 451 g/mol. The Balaban J connectivity index is 1.72. The molecule has 1 aromatic heterocycles. The van der Waals surface area contributed by atoms with Crippen LogP contribution in [0.4, 0.5) is 0 Å². The number of H-pyrrole nitrogens is 1. The number of benzene rings is 1. The van der Waals surface area contributed by atoms with E-state index >= 15 is 0 Å². The van der Waals surface area contributed by atoms with Gasteiger partial charge in [-0.05, 0) is 69.7 Å². The Morgan fingerprint density at radius 2 is 1.96 bits per heavy atom. The summed E-state index contributed by atoms with van der Waals surface area (Å²) in [6.45, 7) is 8.07. The Kier molecular flexibility index (Phi) is 6.65. The van der Waals surface area contributed by atoms with Gasteiger partial charge in [0.1, 0.15) is 0 Å². The average molecular weight is 452 g/mol. The molecule has 0 amide bonds. The van der Waals surface area contributed by atoms with E-state index in [0.717, 1.165) is 48.2 Å². The Labute approximate surface area is 173 Å². The molecule has 1 aliphatic heterocycles. The van der Waals surface area contributed by atoms with E-state index in [4.69, 9.17) is 4.74 Å². The van der Waals surface area contributed by atoms with Gasteiger partial charge in [-0.1, -0.05) is 28.1 Å². The summed E-state index contributed by atoms with van der Waals surface area (Å²) >= 11 is 5.22. The summed E-state index contributed by atoms with van der Waals surface area (Å²) in [7, 11) is 0. The number of nitrogens with one attached hydrogen (secondary N) is 1. The zero-order valence-electron chi connectivity index (χ0n) is 16.0. The van der Waals surface area contributed by atoms with Gasteiger partial charge in [0.05, 0.1) is 22.6 Å². The third-order valence-corrected chi connectivity index (χ3v) is 7.06. The number of esters is 1. The van der Waals surface area contributed by atoms with Crippen molar-refractivity contribution in [2.45, 2.75) is 44.9 Å². The van der Waals surface area contributed by atoms with Crippen LogP contribution < -0.4 is 0 Å². The number of ether oxygens (including phenoxy) is 1. The number of rotatable bonds is 6. The maximum atomic E-state index is 12.9. The zero-order valence-corrected chi connectivity index (χ0v) is 18.5. The van der Waals surface area contributed by atoms with Crippen LogP contribution in [0, 0.1) is 19.3 Å². The highest BCUT2D eigenvalue weighted by molar-refractivity contribution is 9.10. The van der Waals surface area contributed by atoms with Gasteiger partial charge in [-0.3, -0.25) is 9.89 Å². The predicted molar refractivity (Wildman–Crippen MR) is 112 cm³/mol. The molecule has 0 bridgehead atoms. The second-order valence-corrected chi connectivity index (χ2v) is 9.11. The van der Waals surface area contributed by atoms with E-state index in [-0.39, 0.29) is 5.97 Å². The fourth-order valence-corrected chi connectivity index (χ4v) is 4.79. The third-order valence-electron chi connectivity index (χ3n) is 5.12. The molecule has 146 valence electrons. The summed E-state index contributed by atoms with van der Waals surface area (Å²) in [5.74, 6) is -0.0618. The first-order valence-corrected chi connectivity index (χ1v) is 10.9. The van der Waals surface area contributed by atoms with Crippen LogP contribution in [0.5, 0.6) is 0 Å². The van der Waals surface area contributed by atoms with Crippen LogP contribution >= 0.6 is 27.9 Å². The average Bonchev–Trinajstić information content (AvgIpc) is 2.97. The largest absolute Gasteiger partial charge is 0.466 e. The second-order valence-electron chi connectivity index (χ2n) is 7.09. The van der Waals surface area contributed by atoms with Crippen molar-refractivity contribution in [2.75, 3.05) is 19.7 Å². The number of piperidine rings is 1. The lowest BCUT2D eigenvalue weighted by molar-refractivity contribution is -0.157. The van der Waals surface area contributed by atoms with Crippen molar-refractivity contribution in [1.82, 2.24) is 14.5 Å². The van der Waals surface area contributed by atoms with Gasteiger partial charge in [-0.15, -0.1) is 0 Å². The topological polar surface area (TPSA) is 58.2 Å². The molecule has 0 radical (unpaired) electrons. The number of carbonyl (C=O) groups excluding carboxylic acids is 1. The Bertz CT molecular complexity index is 764. The first-order chi connectivity index (χ1) is 12.9. The molecular formula is C20H26BrN3O2S. The van der Waals surface area contributed by atoms with Crippen molar-refractivity contribution in [3.05, 3.63) is 45.7 Å². The number of nitrogens with zero attached hydrogens (tertiary/aromatic N) is 2. The summed E-state index contributed by atoms with van der Waals surface area (Å²) in [5.41, 5.74) is 2.85. The van der Waals surface area contributed by atoms with Crippen molar-refractivity contribution in [2.24, 2.45) is 5.41 Å². The van der Waals surface area contributed by atoms with E-state index < -0.39 is 5.41 Å². The molecule has 1 saturated heterocycles. The molecular weight excluding hydrogens is 426 g/mol. The van der Waals surface area contributed by atoms with Gasteiger partial charge in [0.15, 0.2) is 0 Å². The van der Waals surface area contributed by atoms with Crippen LogP contribution in [0.25, 0.3) is 0 Å². The van der Waals surface area contributed by atoms with Crippen LogP contribution in [0.1, 0.15) is 36.7 Å². The number of aryl methyl sites for hydroxylation is 2. The molecule has 1 aliphatic rings. The summed E-state index contributed by atoms with van der Waals surface area (Å²) < 4.78 is 8.86. The van der Waals surface area contributed by atoms with Crippen molar-refractivity contribution in [3.8, 4) is 0 Å². The van der Waals surface area contributed by atoms with Gasteiger partial charge < -0.3 is 4.74 Å². The maximum Gasteiger partial charge on any atom is 0.312 e. The molecule has 1 fully saturated rings. The van der Waals surface area contributed by atoms with Gasteiger partial charge in [-0.2, -0.15) is 5.10 Å². The first kappa shape index (κ1) is 20.4. The molecule has 1 N–H and O–H groups in total. The molecule has 2 aromatic rings. The standard InChI is InChI=1S/C20H26BrN3O2S/c1-4-26-19(25)20(13-16-5-7-17(21)8-6-16)9-11-24(12-10-20)27-18-14(2)22-23-15(18)3/h5-8H,4,9-13H2,1-3H3,(H,22,23). The highest BCUT2D eigenvalue weighted by Crippen LogP contribution is 2.40. The number of hydrogen-bond acceptors (Lipinski definition) is 5.